The number of alkyl halides is 3. The van der Waals surface area contributed by atoms with Crippen LogP contribution in [0.5, 0.6) is 0 Å². The summed E-state index contributed by atoms with van der Waals surface area (Å²) >= 11 is 0. The minimum Gasteiger partial charge on any atom is -0.469 e. The van der Waals surface area contributed by atoms with Crippen LogP contribution in [0.3, 0.4) is 0 Å². The second kappa shape index (κ2) is 3.41. The molecule has 1 rings (SSSR count). The zero-order valence-electron chi connectivity index (χ0n) is 7.06. The van der Waals surface area contributed by atoms with E-state index in [0.29, 0.717) is 12.2 Å². The largest absolute Gasteiger partial charge is 0.469 e. The van der Waals surface area contributed by atoms with Crippen LogP contribution in [0.25, 0.3) is 0 Å². The molecule has 1 aromatic heterocycles. The molecule has 0 aliphatic heterocycles. The van der Waals surface area contributed by atoms with Crippen molar-refractivity contribution in [2.75, 3.05) is 0 Å². The highest BCUT2D eigenvalue weighted by atomic mass is 19.4. The number of halogens is 3. The molecule has 0 saturated heterocycles. The lowest BCUT2D eigenvalue weighted by atomic mass is 10.1. The second-order valence-electron chi connectivity index (χ2n) is 2.67. The van der Waals surface area contributed by atoms with Gasteiger partial charge in [-0.2, -0.15) is 13.2 Å². The lowest BCUT2D eigenvalue weighted by molar-refractivity contribution is -0.149. The predicted octanol–water partition coefficient (Wildman–Crippen LogP) is 2.40. The van der Waals surface area contributed by atoms with Crippen molar-refractivity contribution in [3.63, 3.8) is 0 Å². The summed E-state index contributed by atoms with van der Waals surface area (Å²) in [6.45, 7) is 1.71. The van der Waals surface area contributed by atoms with Gasteiger partial charge in [-0.1, -0.05) is 6.92 Å². The molecule has 0 saturated carbocycles. The fourth-order valence-corrected chi connectivity index (χ4v) is 1.09. The predicted molar refractivity (Wildman–Crippen MR) is 41.1 cm³/mol. The summed E-state index contributed by atoms with van der Waals surface area (Å²) in [6, 6.07) is -0.682. The van der Waals surface area contributed by atoms with E-state index < -0.39 is 12.2 Å². The Hall–Kier alpha value is -0.970. The van der Waals surface area contributed by atoms with E-state index in [4.69, 9.17) is 10.2 Å². The number of rotatable bonds is 2. The van der Waals surface area contributed by atoms with Gasteiger partial charge in [-0.25, -0.2) is 0 Å². The van der Waals surface area contributed by atoms with Crippen LogP contribution in [0.4, 0.5) is 13.2 Å². The van der Waals surface area contributed by atoms with Crippen molar-refractivity contribution in [3.05, 3.63) is 23.7 Å². The molecule has 0 amide bonds. The molecule has 0 aliphatic carbocycles. The van der Waals surface area contributed by atoms with Crippen molar-refractivity contribution in [1.82, 2.24) is 0 Å². The summed E-state index contributed by atoms with van der Waals surface area (Å²) in [5.41, 5.74) is 5.03. The molecule has 1 unspecified atom stereocenters. The summed E-state index contributed by atoms with van der Waals surface area (Å²) in [7, 11) is 0. The summed E-state index contributed by atoms with van der Waals surface area (Å²) in [5.74, 6) is 0.296. The molecule has 0 spiro atoms. The van der Waals surface area contributed by atoms with Crippen LogP contribution in [0.15, 0.2) is 16.7 Å². The molecular formula is C8H10F3NO. The highest BCUT2D eigenvalue weighted by molar-refractivity contribution is 5.22. The molecule has 0 aromatic carbocycles. The van der Waals surface area contributed by atoms with Crippen LogP contribution < -0.4 is 5.73 Å². The highest BCUT2D eigenvalue weighted by Crippen LogP contribution is 2.32. The Morgan fingerprint density at radius 2 is 2.15 bits per heavy atom. The van der Waals surface area contributed by atoms with Gasteiger partial charge < -0.3 is 10.2 Å². The first-order valence-electron chi connectivity index (χ1n) is 3.85. The molecule has 2 nitrogen and oxygen atoms in total. The van der Waals surface area contributed by atoms with E-state index in [-0.39, 0.29) is 5.56 Å². The van der Waals surface area contributed by atoms with Crippen molar-refractivity contribution in [2.24, 2.45) is 5.73 Å². The molecule has 1 atom stereocenters. The molecule has 0 bridgehead atoms. The van der Waals surface area contributed by atoms with Gasteiger partial charge in [0.05, 0.1) is 6.26 Å². The molecule has 0 radical (unpaired) electrons. The van der Waals surface area contributed by atoms with Gasteiger partial charge >= 0.3 is 6.18 Å². The first kappa shape index (κ1) is 10.1. The number of nitrogens with two attached hydrogens (primary N) is 1. The number of hydrogen-bond donors (Lipinski definition) is 1. The lowest BCUT2D eigenvalue weighted by Gasteiger charge is -2.14. The van der Waals surface area contributed by atoms with Crippen LogP contribution in [-0.2, 0) is 6.42 Å². The van der Waals surface area contributed by atoms with Gasteiger partial charge in [-0.15, -0.1) is 0 Å². The molecule has 5 heteroatoms. The standard InChI is InChI=1S/C8H10F3NO/c1-2-6-5(3-4-13-6)7(12)8(9,10)11/h3-4,7H,2,12H2,1H3. The Morgan fingerprint density at radius 1 is 1.54 bits per heavy atom. The third kappa shape index (κ3) is 2.03. The number of aryl methyl sites for hydroxylation is 1. The zero-order chi connectivity index (χ0) is 10.1. The van der Waals surface area contributed by atoms with Gasteiger partial charge in [0.1, 0.15) is 11.8 Å². The van der Waals surface area contributed by atoms with Gasteiger partial charge in [-0.3, -0.25) is 0 Å². The van der Waals surface area contributed by atoms with Crippen molar-refractivity contribution in [1.29, 1.82) is 0 Å². The Kier molecular flexibility index (Phi) is 2.66. The molecule has 1 aromatic rings. The first-order chi connectivity index (χ1) is 5.96. The third-order valence-electron chi connectivity index (χ3n) is 1.79. The smallest absolute Gasteiger partial charge is 0.407 e. The molecular weight excluding hydrogens is 183 g/mol. The van der Waals surface area contributed by atoms with E-state index in [1.54, 1.807) is 6.92 Å². The molecule has 0 fully saturated rings. The maximum atomic E-state index is 12.2. The number of hydrogen-bond acceptors (Lipinski definition) is 2. The van der Waals surface area contributed by atoms with Gasteiger partial charge in [0.15, 0.2) is 0 Å². The first-order valence-corrected chi connectivity index (χ1v) is 3.85. The molecule has 74 valence electrons. The van der Waals surface area contributed by atoms with Crippen molar-refractivity contribution in [2.45, 2.75) is 25.6 Å². The second-order valence-corrected chi connectivity index (χ2v) is 2.67. The Labute approximate surface area is 73.5 Å². The fraction of sp³-hybridized carbons (Fsp3) is 0.500. The molecule has 2 N–H and O–H groups in total. The molecule has 13 heavy (non-hydrogen) atoms. The van der Waals surface area contributed by atoms with Crippen LogP contribution in [0.2, 0.25) is 0 Å². The Balaban J connectivity index is 2.94. The van der Waals surface area contributed by atoms with E-state index in [2.05, 4.69) is 0 Å². The van der Waals surface area contributed by atoms with Crippen LogP contribution in [0.1, 0.15) is 24.3 Å². The Bertz CT molecular complexity index is 279. The normalized spacial score (nSPS) is 14.5. The van der Waals surface area contributed by atoms with Crippen LogP contribution in [0, 0.1) is 0 Å². The van der Waals surface area contributed by atoms with Crippen molar-refractivity contribution >= 4 is 0 Å². The fourth-order valence-electron chi connectivity index (χ4n) is 1.09. The average Bonchev–Trinajstić information content (AvgIpc) is 2.48. The van der Waals surface area contributed by atoms with Crippen molar-refractivity contribution in [3.8, 4) is 0 Å². The van der Waals surface area contributed by atoms with Crippen LogP contribution in [-0.4, -0.2) is 6.18 Å². The maximum Gasteiger partial charge on any atom is 0.407 e. The highest BCUT2D eigenvalue weighted by Gasteiger charge is 2.39. The van der Waals surface area contributed by atoms with Gasteiger partial charge in [0.25, 0.3) is 0 Å². The van der Waals surface area contributed by atoms with Crippen LogP contribution >= 0.6 is 0 Å². The van der Waals surface area contributed by atoms with Crippen molar-refractivity contribution < 1.29 is 17.6 Å². The van der Waals surface area contributed by atoms with E-state index in [1.165, 1.54) is 12.3 Å². The third-order valence-corrected chi connectivity index (χ3v) is 1.79. The summed E-state index contributed by atoms with van der Waals surface area (Å²) in [6.07, 6.45) is -2.78. The maximum absolute atomic E-state index is 12.2. The zero-order valence-corrected chi connectivity index (χ0v) is 7.06. The SMILES string of the molecule is CCc1occc1C(N)C(F)(F)F. The minimum absolute atomic E-state index is 0.0231. The minimum atomic E-state index is -4.41. The quantitative estimate of drug-likeness (QED) is 0.783. The summed E-state index contributed by atoms with van der Waals surface area (Å²) < 4.78 is 41.3. The monoisotopic (exact) mass is 193 g/mol. The van der Waals surface area contributed by atoms with E-state index >= 15 is 0 Å². The summed E-state index contributed by atoms with van der Waals surface area (Å²) in [4.78, 5) is 0. The number of furan rings is 1. The van der Waals surface area contributed by atoms with E-state index in [9.17, 15) is 13.2 Å². The van der Waals surface area contributed by atoms with Gasteiger partial charge in [0.2, 0.25) is 0 Å². The van der Waals surface area contributed by atoms with E-state index in [0.717, 1.165) is 0 Å². The Morgan fingerprint density at radius 3 is 2.62 bits per heavy atom. The topological polar surface area (TPSA) is 39.2 Å². The van der Waals surface area contributed by atoms with E-state index in [1.807, 2.05) is 0 Å². The lowest BCUT2D eigenvalue weighted by Crippen LogP contribution is -2.28. The van der Waals surface area contributed by atoms with Gasteiger partial charge in [0, 0.05) is 12.0 Å². The average molecular weight is 193 g/mol. The molecule has 1 heterocycles. The summed E-state index contributed by atoms with van der Waals surface area (Å²) in [5, 5.41) is 0. The van der Waals surface area contributed by atoms with Gasteiger partial charge in [-0.05, 0) is 6.07 Å². The molecule has 0 aliphatic rings.